The van der Waals surface area contributed by atoms with E-state index < -0.39 is 4.92 Å². The van der Waals surface area contributed by atoms with Crippen molar-refractivity contribution in [2.24, 2.45) is 5.73 Å². The van der Waals surface area contributed by atoms with Crippen LogP contribution in [0.25, 0.3) is 0 Å². The summed E-state index contributed by atoms with van der Waals surface area (Å²) in [5.74, 6) is -0.00909. The molecule has 2 aromatic rings. The Morgan fingerprint density at radius 2 is 1.90 bits per heavy atom. The van der Waals surface area contributed by atoms with Gasteiger partial charge in [-0.15, -0.1) is 0 Å². The van der Waals surface area contributed by atoms with Crippen molar-refractivity contribution >= 4 is 34.7 Å². The largest absolute Gasteiger partial charge is 0.455 e. The van der Waals surface area contributed by atoms with Crippen molar-refractivity contribution in [3.63, 3.8) is 0 Å². The second-order valence-electron chi connectivity index (χ2n) is 4.00. The molecule has 0 radical (unpaired) electrons. The quantitative estimate of drug-likeness (QED) is 0.384. The number of amidine groups is 1. The maximum atomic E-state index is 10.8. The first-order valence-electron chi connectivity index (χ1n) is 5.65. The summed E-state index contributed by atoms with van der Waals surface area (Å²) in [6, 6.07) is 8.51. The van der Waals surface area contributed by atoms with Gasteiger partial charge in [-0.2, -0.15) is 0 Å². The minimum absolute atomic E-state index is 0.0793. The van der Waals surface area contributed by atoms with E-state index in [9.17, 15) is 10.1 Å². The molecule has 0 aromatic heterocycles. The topological polar surface area (TPSA) is 102 Å². The summed E-state index contributed by atoms with van der Waals surface area (Å²) in [6.07, 6.45) is 0. The number of halogens is 2. The zero-order chi connectivity index (χ0) is 15.6. The molecule has 0 bridgehead atoms. The molecule has 0 aliphatic rings. The summed E-state index contributed by atoms with van der Waals surface area (Å²) in [4.78, 5) is 10.2. The molecule has 0 aliphatic carbocycles. The molecule has 2 rings (SSSR count). The molecule has 0 spiro atoms. The highest BCUT2D eigenvalue weighted by molar-refractivity contribution is 6.34. The van der Waals surface area contributed by atoms with Gasteiger partial charge in [-0.1, -0.05) is 29.3 Å². The second-order valence-corrected chi connectivity index (χ2v) is 4.81. The standard InChI is InChI=1S/C13H9Cl2N3O3/c14-8-5-4-7(18(19)20)6-11(8)21-10-3-1-2-9(15)12(10)13(16)17/h1-6H,(H3,16,17). The first-order chi connectivity index (χ1) is 9.90. The summed E-state index contributed by atoms with van der Waals surface area (Å²) in [5.41, 5.74) is 5.49. The van der Waals surface area contributed by atoms with Gasteiger partial charge in [0.2, 0.25) is 0 Å². The first-order valence-corrected chi connectivity index (χ1v) is 6.40. The third-order valence-corrected chi connectivity index (χ3v) is 3.22. The molecule has 108 valence electrons. The fourth-order valence-electron chi connectivity index (χ4n) is 1.65. The van der Waals surface area contributed by atoms with Crippen LogP contribution in [-0.4, -0.2) is 10.8 Å². The molecule has 0 fully saturated rings. The Balaban J connectivity index is 2.48. The smallest absolute Gasteiger partial charge is 0.273 e. The summed E-state index contributed by atoms with van der Waals surface area (Å²) < 4.78 is 5.53. The zero-order valence-corrected chi connectivity index (χ0v) is 12.0. The second kappa shape index (κ2) is 5.99. The lowest BCUT2D eigenvalue weighted by Crippen LogP contribution is -2.13. The van der Waals surface area contributed by atoms with Gasteiger partial charge in [-0.3, -0.25) is 15.5 Å². The first kappa shape index (κ1) is 15.1. The highest BCUT2D eigenvalue weighted by Crippen LogP contribution is 2.35. The van der Waals surface area contributed by atoms with E-state index in [-0.39, 0.29) is 38.6 Å². The molecule has 0 saturated heterocycles. The van der Waals surface area contributed by atoms with Crippen LogP contribution in [0.4, 0.5) is 5.69 Å². The molecule has 3 N–H and O–H groups in total. The maximum Gasteiger partial charge on any atom is 0.273 e. The van der Waals surface area contributed by atoms with E-state index in [0.29, 0.717) is 0 Å². The number of nitrogens with zero attached hydrogens (tertiary/aromatic N) is 1. The summed E-state index contributed by atoms with van der Waals surface area (Å²) in [7, 11) is 0. The average Bonchev–Trinajstić information content (AvgIpc) is 2.40. The summed E-state index contributed by atoms with van der Waals surface area (Å²) in [6.45, 7) is 0. The monoisotopic (exact) mass is 325 g/mol. The minimum atomic E-state index is -0.562. The molecule has 0 amide bonds. The van der Waals surface area contributed by atoms with Gasteiger partial charge in [0.15, 0.2) is 5.75 Å². The molecule has 0 heterocycles. The van der Waals surface area contributed by atoms with E-state index in [1.807, 2.05) is 0 Å². The Morgan fingerprint density at radius 1 is 1.19 bits per heavy atom. The minimum Gasteiger partial charge on any atom is -0.455 e. The lowest BCUT2D eigenvalue weighted by molar-refractivity contribution is -0.384. The van der Waals surface area contributed by atoms with Crippen LogP contribution in [0.1, 0.15) is 5.56 Å². The van der Waals surface area contributed by atoms with E-state index in [2.05, 4.69) is 0 Å². The van der Waals surface area contributed by atoms with Crippen LogP contribution < -0.4 is 10.5 Å². The number of nitro groups is 1. The molecule has 21 heavy (non-hydrogen) atoms. The lowest BCUT2D eigenvalue weighted by atomic mass is 10.2. The van der Waals surface area contributed by atoms with Crippen LogP contribution in [-0.2, 0) is 0 Å². The molecular formula is C13H9Cl2N3O3. The number of nitrogen functional groups attached to an aromatic ring is 1. The number of nitrogens with two attached hydrogens (primary N) is 1. The molecule has 6 nitrogen and oxygen atoms in total. The molecular weight excluding hydrogens is 317 g/mol. The van der Waals surface area contributed by atoms with Crippen molar-refractivity contribution in [1.29, 1.82) is 5.41 Å². The number of non-ortho nitro benzene ring substituents is 1. The third-order valence-electron chi connectivity index (χ3n) is 2.59. The van der Waals surface area contributed by atoms with Crippen molar-refractivity contribution < 1.29 is 9.66 Å². The zero-order valence-electron chi connectivity index (χ0n) is 10.5. The van der Waals surface area contributed by atoms with E-state index in [1.165, 1.54) is 24.3 Å². The predicted octanol–water partition coefficient (Wildman–Crippen LogP) is 3.98. The number of nitrogens with one attached hydrogen (secondary N) is 1. The predicted molar refractivity (Wildman–Crippen MR) is 80.6 cm³/mol. The highest BCUT2D eigenvalue weighted by Gasteiger charge is 2.16. The van der Waals surface area contributed by atoms with Gasteiger partial charge in [-0.05, 0) is 18.2 Å². The van der Waals surface area contributed by atoms with Crippen molar-refractivity contribution in [3.05, 3.63) is 62.1 Å². The van der Waals surface area contributed by atoms with Gasteiger partial charge < -0.3 is 10.5 Å². The highest BCUT2D eigenvalue weighted by atomic mass is 35.5. The summed E-state index contributed by atoms with van der Waals surface area (Å²) >= 11 is 11.9. The average molecular weight is 326 g/mol. The van der Waals surface area contributed by atoms with Crippen LogP contribution in [0.5, 0.6) is 11.5 Å². The fourth-order valence-corrected chi connectivity index (χ4v) is 2.08. The van der Waals surface area contributed by atoms with E-state index >= 15 is 0 Å². The number of hydrogen-bond donors (Lipinski definition) is 2. The van der Waals surface area contributed by atoms with Crippen LogP contribution in [0, 0.1) is 15.5 Å². The van der Waals surface area contributed by atoms with Crippen molar-refractivity contribution in [2.45, 2.75) is 0 Å². The Kier molecular flexibility index (Phi) is 4.30. The van der Waals surface area contributed by atoms with E-state index in [0.717, 1.165) is 0 Å². The number of ether oxygens (including phenoxy) is 1. The van der Waals surface area contributed by atoms with Gasteiger partial charge in [-0.25, -0.2) is 0 Å². The van der Waals surface area contributed by atoms with Gasteiger partial charge >= 0.3 is 0 Å². The molecule has 2 aromatic carbocycles. The number of hydrogen-bond acceptors (Lipinski definition) is 4. The summed E-state index contributed by atoms with van der Waals surface area (Å²) in [5, 5.41) is 18.7. The Bertz CT molecular complexity index is 735. The lowest BCUT2D eigenvalue weighted by Gasteiger charge is -2.12. The molecule has 0 atom stereocenters. The Morgan fingerprint density at radius 3 is 2.52 bits per heavy atom. The third kappa shape index (κ3) is 3.24. The SMILES string of the molecule is N=C(N)c1c(Cl)cccc1Oc1cc([N+](=O)[O-])ccc1Cl. The molecule has 0 aliphatic heterocycles. The van der Waals surface area contributed by atoms with Gasteiger partial charge in [0, 0.05) is 6.07 Å². The Hall–Kier alpha value is -2.31. The van der Waals surface area contributed by atoms with Gasteiger partial charge in [0.05, 0.1) is 26.6 Å². The number of rotatable bonds is 4. The Labute approximate surface area is 129 Å². The van der Waals surface area contributed by atoms with E-state index in [1.54, 1.807) is 12.1 Å². The fraction of sp³-hybridized carbons (Fsp3) is 0. The van der Waals surface area contributed by atoms with Crippen LogP contribution in [0.2, 0.25) is 10.0 Å². The van der Waals surface area contributed by atoms with Crippen LogP contribution in [0.3, 0.4) is 0 Å². The molecule has 8 heteroatoms. The molecule has 0 unspecified atom stereocenters. The van der Waals surface area contributed by atoms with Gasteiger partial charge in [0.1, 0.15) is 11.6 Å². The maximum absolute atomic E-state index is 10.8. The van der Waals surface area contributed by atoms with Crippen molar-refractivity contribution in [1.82, 2.24) is 0 Å². The normalized spacial score (nSPS) is 10.2. The van der Waals surface area contributed by atoms with E-state index in [4.69, 9.17) is 39.1 Å². The number of nitro benzene ring substituents is 1. The van der Waals surface area contributed by atoms with Crippen LogP contribution >= 0.6 is 23.2 Å². The van der Waals surface area contributed by atoms with Gasteiger partial charge in [0.25, 0.3) is 5.69 Å². The number of benzene rings is 2. The van der Waals surface area contributed by atoms with Crippen molar-refractivity contribution in [2.75, 3.05) is 0 Å². The van der Waals surface area contributed by atoms with Crippen molar-refractivity contribution in [3.8, 4) is 11.5 Å². The molecule has 0 saturated carbocycles. The van der Waals surface area contributed by atoms with Crippen LogP contribution in [0.15, 0.2) is 36.4 Å².